The van der Waals surface area contributed by atoms with Gasteiger partial charge in [-0.3, -0.25) is 4.57 Å². The highest BCUT2D eigenvalue weighted by Gasteiger charge is 2.44. The fourth-order valence-electron chi connectivity index (χ4n) is 1.72. The Labute approximate surface area is 104 Å². The van der Waals surface area contributed by atoms with Gasteiger partial charge in [-0.1, -0.05) is 0 Å². The van der Waals surface area contributed by atoms with Crippen LogP contribution in [0.4, 0.5) is 14.6 Å². The lowest BCUT2D eigenvalue weighted by Gasteiger charge is -2.15. The molecular weight excluding hydrogens is 268 g/mol. The van der Waals surface area contributed by atoms with Crippen LogP contribution in [0.15, 0.2) is 11.0 Å². The molecule has 0 saturated carbocycles. The molecule has 4 N–H and O–H groups in total. The molecular formula is C9H11F2N3O3S. The molecule has 0 aromatic carbocycles. The molecule has 18 heavy (non-hydrogen) atoms. The van der Waals surface area contributed by atoms with Crippen molar-refractivity contribution in [3.8, 4) is 0 Å². The SMILES string of the molecule is Nc1nc(=O)n([C@@H]2S[C@H](CO)[C@@H](O)[C@@H]2F)cc1F. The number of nitrogens with zero attached hydrogens (tertiary/aromatic N) is 2. The number of anilines is 1. The Bertz CT molecular complexity index is 512. The number of aliphatic hydroxyl groups is 2. The molecule has 4 atom stereocenters. The lowest BCUT2D eigenvalue weighted by atomic mass is 10.1. The van der Waals surface area contributed by atoms with Crippen LogP contribution in [-0.2, 0) is 0 Å². The average Bonchev–Trinajstić information content (AvgIpc) is 2.61. The van der Waals surface area contributed by atoms with Crippen molar-refractivity contribution >= 4 is 17.6 Å². The van der Waals surface area contributed by atoms with E-state index in [1.165, 1.54) is 0 Å². The average molecular weight is 279 g/mol. The number of thioether (sulfide) groups is 1. The molecule has 1 aliphatic heterocycles. The molecule has 0 unspecified atom stereocenters. The van der Waals surface area contributed by atoms with Gasteiger partial charge in [-0.25, -0.2) is 13.6 Å². The van der Waals surface area contributed by atoms with Crippen molar-refractivity contribution < 1.29 is 19.0 Å². The summed E-state index contributed by atoms with van der Waals surface area (Å²) < 4.78 is 27.8. The normalized spacial score (nSPS) is 31.8. The van der Waals surface area contributed by atoms with E-state index in [4.69, 9.17) is 10.8 Å². The highest BCUT2D eigenvalue weighted by molar-refractivity contribution is 8.00. The molecule has 100 valence electrons. The summed E-state index contributed by atoms with van der Waals surface area (Å²) in [6.07, 6.45) is -2.46. The Balaban J connectivity index is 2.39. The number of rotatable bonds is 2. The van der Waals surface area contributed by atoms with E-state index in [0.29, 0.717) is 0 Å². The van der Waals surface area contributed by atoms with Crippen molar-refractivity contribution in [1.82, 2.24) is 9.55 Å². The molecule has 6 nitrogen and oxygen atoms in total. The number of hydrogen-bond donors (Lipinski definition) is 3. The first-order valence-electron chi connectivity index (χ1n) is 5.08. The zero-order valence-electron chi connectivity index (χ0n) is 9.03. The van der Waals surface area contributed by atoms with Gasteiger partial charge in [-0.2, -0.15) is 4.98 Å². The van der Waals surface area contributed by atoms with E-state index in [2.05, 4.69) is 4.98 Å². The van der Waals surface area contributed by atoms with Crippen molar-refractivity contribution in [3.05, 3.63) is 22.5 Å². The van der Waals surface area contributed by atoms with Crippen LogP contribution in [0.3, 0.4) is 0 Å². The number of hydrogen-bond acceptors (Lipinski definition) is 6. The summed E-state index contributed by atoms with van der Waals surface area (Å²) in [7, 11) is 0. The number of aliphatic hydroxyl groups excluding tert-OH is 2. The van der Waals surface area contributed by atoms with Crippen molar-refractivity contribution in [3.63, 3.8) is 0 Å². The van der Waals surface area contributed by atoms with Gasteiger partial charge in [-0.05, 0) is 0 Å². The van der Waals surface area contributed by atoms with E-state index >= 15 is 0 Å². The lowest BCUT2D eigenvalue weighted by molar-refractivity contribution is 0.0630. The molecule has 2 rings (SSSR count). The quantitative estimate of drug-likeness (QED) is 0.660. The highest BCUT2D eigenvalue weighted by Crippen LogP contribution is 2.42. The molecule has 1 fully saturated rings. The van der Waals surface area contributed by atoms with Crippen molar-refractivity contribution in [2.75, 3.05) is 12.3 Å². The minimum absolute atomic E-state index is 0.442. The van der Waals surface area contributed by atoms with Crippen molar-refractivity contribution in [2.45, 2.75) is 22.9 Å². The topological polar surface area (TPSA) is 101 Å². The summed E-state index contributed by atoms with van der Waals surface area (Å²) >= 11 is 0.849. The summed E-state index contributed by atoms with van der Waals surface area (Å²) in [5.41, 5.74) is 4.21. The number of halogens is 2. The fraction of sp³-hybridized carbons (Fsp3) is 0.556. The zero-order valence-corrected chi connectivity index (χ0v) is 9.85. The molecule has 0 spiro atoms. The van der Waals surface area contributed by atoms with Gasteiger partial charge in [-0.15, -0.1) is 11.8 Å². The minimum Gasteiger partial charge on any atom is -0.395 e. The first kappa shape index (κ1) is 13.2. The molecule has 2 heterocycles. The van der Waals surface area contributed by atoms with Crippen LogP contribution >= 0.6 is 11.8 Å². The van der Waals surface area contributed by atoms with Crippen LogP contribution in [-0.4, -0.2) is 43.9 Å². The lowest BCUT2D eigenvalue weighted by Crippen LogP contribution is -2.33. The second kappa shape index (κ2) is 4.82. The molecule has 0 amide bonds. The van der Waals surface area contributed by atoms with Crippen LogP contribution in [0.2, 0.25) is 0 Å². The van der Waals surface area contributed by atoms with Crippen molar-refractivity contribution in [1.29, 1.82) is 0 Å². The van der Waals surface area contributed by atoms with Gasteiger partial charge >= 0.3 is 5.69 Å². The predicted molar refractivity (Wildman–Crippen MR) is 61.3 cm³/mol. The second-order valence-electron chi connectivity index (χ2n) is 3.85. The van der Waals surface area contributed by atoms with Gasteiger partial charge in [0.2, 0.25) is 0 Å². The largest absolute Gasteiger partial charge is 0.395 e. The maximum absolute atomic E-state index is 13.8. The van der Waals surface area contributed by atoms with Gasteiger partial charge < -0.3 is 15.9 Å². The summed E-state index contributed by atoms with van der Waals surface area (Å²) in [6, 6.07) is 0. The van der Waals surface area contributed by atoms with Crippen LogP contribution in [0.1, 0.15) is 5.37 Å². The summed E-state index contributed by atoms with van der Waals surface area (Å²) in [5, 5.41) is 16.5. The molecule has 9 heteroatoms. The number of alkyl halides is 1. The second-order valence-corrected chi connectivity index (χ2v) is 5.21. The van der Waals surface area contributed by atoms with E-state index in [1.807, 2.05) is 0 Å². The molecule has 0 bridgehead atoms. The van der Waals surface area contributed by atoms with E-state index in [1.54, 1.807) is 0 Å². The molecule has 1 aromatic heterocycles. The summed E-state index contributed by atoms with van der Waals surface area (Å²) in [5.74, 6) is -1.50. The van der Waals surface area contributed by atoms with Gasteiger partial charge in [0.25, 0.3) is 0 Å². The standard InChI is InChI=1S/C9H11F2N3O3S/c10-3-1-14(9(17)13-7(3)12)8-5(11)6(16)4(2-15)18-8/h1,4-6,8,15-16H,2H2,(H2,12,13,17)/t4-,5+,6-,8-/m1/s1. The third kappa shape index (κ3) is 2.08. The van der Waals surface area contributed by atoms with Crippen LogP contribution in [0.25, 0.3) is 0 Å². The van der Waals surface area contributed by atoms with Gasteiger partial charge in [0.1, 0.15) is 11.5 Å². The van der Waals surface area contributed by atoms with E-state index < -0.39 is 46.8 Å². The zero-order chi connectivity index (χ0) is 13.4. The third-order valence-corrected chi connectivity index (χ3v) is 4.23. The monoisotopic (exact) mass is 279 g/mol. The molecule has 0 aliphatic carbocycles. The molecule has 0 radical (unpaired) electrons. The Morgan fingerprint density at radius 2 is 2.28 bits per heavy atom. The maximum atomic E-state index is 13.8. The third-order valence-electron chi connectivity index (χ3n) is 2.68. The minimum atomic E-state index is -1.80. The fourth-order valence-corrected chi connectivity index (χ4v) is 3.07. The molecule has 1 aliphatic rings. The highest BCUT2D eigenvalue weighted by atomic mass is 32.2. The smallest absolute Gasteiger partial charge is 0.350 e. The summed E-state index contributed by atoms with van der Waals surface area (Å²) in [4.78, 5) is 14.7. The molecule has 1 aromatic rings. The first-order chi connectivity index (χ1) is 8.45. The maximum Gasteiger partial charge on any atom is 0.350 e. The Hall–Kier alpha value is -1.19. The Morgan fingerprint density at radius 3 is 2.83 bits per heavy atom. The van der Waals surface area contributed by atoms with Crippen molar-refractivity contribution in [2.24, 2.45) is 0 Å². The Morgan fingerprint density at radius 1 is 1.61 bits per heavy atom. The molecule has 1 saturated heterocycles. The van der Waals surface area contributed by atoms with Crippen LogP contribution in [0, 0.1) is 5.82 Å². The van der Waals surface area contributed by atoms with Crippen LogP contribution < -0.4 is 11.4 Å². The van der Waals surface area contributed by atoms with Gasteiger partial charge in [0.05, 0.1) is 11.9 Å². The first-order valence-corrected chi connectivity index (χ1v) is 6.02. The number of aromatic nitrogens is 2. The van der Waals surface area contributed by atoms with Gasteiger partial charge in [0, 0.05) is 6.20 Å². The van der Waals surface area contributed by atoms with E-state index in [0.717, 1.165) is 22.5 Å². The Kier molecular flexibility index (Phi) is 3.55. The van der Waals surface area contributed by atoms with Crippen LogP contribution in [0.5, 0.6) is 0 Å². The van der Waals surface area contributed by atoms with E-state index in [-0.39, 0.29) is 0 Å². The van der Waals surface area contributed by atoms with Gasteiger partial charge in [0.15, 0.2) is 17.8 Å². The number of nitrogens with two attached hydrogens (primary N) is 1. The summed E-state index contributed by atoms with van der Waals surface area (Å²) in [6.45, 7) is -0.442. The van der Waals surface area contributed by atoms with E-state index in [9.17, 15) is 18.7 Å². The number of nitrogen functional groups attached to an aromatic ring is 1. The predicted octanol–water partition coefficient (Wildman–Crippen LogP) is -0.730.